The van der Waals surface area contributed by atoms with E-state index in [1.54, 1.807) is 0 Å². The van der Waals surface area contributed by atoms with E-state index in [4.69, 9.17) is 0 Å². The number of benzene rings is 1. The van der Waals surface area contributed by atoms with E-state index in [-0.39, 0.29) is 0 Å². The molecular formula is C15H18BrNS. The molecule has 3 heteroatoms. The third-order valence-corrected chi connectivity index (χ3v) is 5.07. The quantitative estimate of drug-likeness (QED) is 0.737. The molecule has 0 amide bonds. The Hall–Kier alpha value is -0.670. The molecule has 0 aliphatic heterocycles. The van der Waals surface area contributed by atoms with Crippen LogP contribution in [0, 0.1) is 20.8 Å². The number of aryl methyl sites for hydroxylation is 3. The minimum absolute atomic E-state index is 0.509. The lowest BCUT2D eigenvalue weighted by atomic mass is 9.97. The van der Waals surface area contributed by atoms with Gasteiger partial charge in [0.05, 0.1) is 10.7 Å². The zero-order chi connectivity index (χ0) is 13.1. The number of halogens is 1. The topological polar surface area (TPSA) is 12.9 Å². The molecule has 0 aliphatic rings. The van der Waals surface area contributed by atoms with Gasteiger partial charge in [-0.05, 0) is 32.3 Å². The van der Waals surface area contributed by atoms with Gasteiger partial charge >= 0.3 is 0 Å². The molecule has 1 heterocycles. The Morgan fingerprint density at radius 2 is 2.06 bits per heavy atom. The highest BCUT2D eigenvalue weighted by Gasteiger charge is 2.14. The average Bonchev–Trinajstić information content (AvgIpc) is 2.65. The predicted molar refractivity (Wildman–Crippen MR) is 83.0 cm³/mol. The van der Waals surface area contributed by atoms with Crippen LogP contribution in [0.1, 0.15) is 32.6 Å². The molecule has 96 valence electrons. The Labute approximate surface area is 121 Å². The molecular weight excluding hydrogens is 306 g/mol. The monoisotopic (exact) mass is 323 g/mol. The number of aromatic nitrogens is 1. The summed E-state index contributed by atoms with van der Waals surface area (Å²) in [6, 6.07) is 8.77. The van der Waals surface area contributed by atoms with Crippen molar-refractivity contribution in [3.63, 3.8) is 0 Å². The Morgan fingerprint density at radius 3 is 2.61 bits per heavy atom. The van der Waals surface area contributed by atoms with Crippen LogP contribution in [0.2, 0.25) is 0 Å². The van der Waals surface area contributed by atoms with Crippen LogP contribution in [0.5, 0.6) is 0 Å². The van der Waals surface area contributed by atoms with Gasteiger partial charge in [0.2, 0.25) is 0 Å². The van der Waals surface area contributed by atoms with Gasteiger partial charge in [-0.1, -0.05) is 45.8 Å². The maximum Gasteiger partial charge on any atom is 0.0937 e. The molecule has 0 saturated carbocycles. The van der Waals surface area contributed by atoms with Crippen LogP contribution in [0.15, 0.2) is 24.3 Å². The first-order chi connectivity index (χ1) is 8.60. The summed E-state index contributed by atoms with van der Waals surface area (Å²) in [5, 5.41) is 2.23. The standard InChI is InChI=1S/C15H18BrNS/c1-10-5-4-6-13(7-10)14(9-16)8-15-17-11(2)12(3)18-15/h4-7,14H,8-9H2,1-3H3. The molecule has 0 N–H and O–H groups in total. The summed E-state index contributed by atoms with van der Waals surface area (Å²) < 4.78 is 0. The van der Waals surface area contributed by atoms with Crippen LogP contribution >= 0.6 is 27.3 Å². The van der Waals surface area contributed by atoms with E-state index in [0.29, 0.717) is 5.92 Å². The predicted octanol–water partition coefficient (Wildman–Crippen LogP) is 4.79. The number of hydrogen-bond acceptors (Lipinski definition) is 2. The summed E-state index contributed by atoms with van der Waals surface area (Å²) >= 11 is 5.46. The minimum atomic E-state index is 0.509. The molecule has 1 aromatic carbocycles. The molecule has 1 unspecified atom stereocenters. The van der Waals surface area contributed by atoms with E-state index in [0.717, 1.165) is 11.8 Å². The van der Waals surface area contributed by atoms with Gasteiger partial charge in [0.15, 0.2) is 0 Å². The van der Waals surface area contributed by atoms with Crippen molar-refractivity contribution in [3.8, 4) is 0 Å². The van der Waals surface area contributed by atoms with Gasteiger partial charge in [-0.15, -0.1) is 11.3 Å². The summed E-state index contributed by atoms with van der Waals surface area (Å²) in [5.74, 6) is 0.509. The Morgan fingerprint density at radius 1 is 1.28 bits per heavy atom. The fourth-order valence-electron chi connectivity index (χ4n) is 2.02. The third-order valence-electron chi connectivity index (χ3n) is 3.19. The van der Waals surface area contributed by atoms with Crippen molar-refractivity contribution in [1.29, 1.82) is 0 Å². The van der Waals surface area contributed by atoms with Gasteiger partial charge in [-0.2, -0.15) is 0 Å². The van der Waals surface area contributed by atoms with Crippen LogP contribution in [0.4, 0.5) is 0 Å². The molecule has 18 heavy (non-hydrogen) atoms. The second-order valence-corrected chi connectivity index (χ2v) is 6.65. The molecule has 2 rings (SSSR count). The highest BCUT2D eigenvalue weighted by Crippen LogP contribution is 2.27. The lowest BCUT2D eigenvalue weighted by Gasteiger charge is -2.13. The van der Waals surface area contributed by atoms with E-state index in [2.05, 4.69) is 66.0 Å². The van der Waals surface area contributed by atoms with Crippen LogP contribution in [0.25, 0.3) is 0 Å². The smallest absolute Gasteiger partial charge is 0.0937 e. The van der Waals surface area contributed by atoms with Crippen LogP contribution < -0.4 is 0 Å². The van der Waals surface area contributed by atoms with Gasteiger partial charge in [-0.25, -0.2) is 4.98 Å². The summed E-state index contributed by atoms with van der Waals surface area (Å²) in [7, 11) is 0. The molecule has 0 spiro atoms. The van der Waals surface area contributed by atoms with Crippen molar-refractivity contribution in [1.82, 2.24) is 4.98 Å². The van der Waals surface area contributed by atoms with E-state index in [1.165, 1.54) is 26.7 Å². The summed E-state index contributed by atoms with van der Waals surface area (Å²) in [6.07, 6.45) is 1.02. The minimum Gasteiger partial charge on any atom is -0.246 e. The average molecular weight is 324 g/mol. The van der Waals surface area contributed by atoms with Gasteiger partial charge in [0.25, 0.3) is 0 Å². The molecule has 0 radical (unpaired) electrons. The number of nitrogens with zero attached hydrogens (tertiary/aromatic N) is 1. The van der Waals surface area contributed by atoms with E-state index >= 15 is 0 Å². The lowest BCUT2D eigenvalue weighted by Crippen LogP contribution is -2.04. The number of hydrogen-bond donors (Lipinski definition) is 0. The van der Waals surface area contributed by atoms with Gasteiger partial charge < -0.3 is 0 Å². The summed E-state index contributed by atoms with van der Waals surface area (Å²) in [5.41, 5.74) is 3.90. The maximum atomic E-state index is 4.64. The first kappa shape index (κ1) is 13.8. The van der Waals surface area contributed by atoms with Crippen molar-refractivity contribution >= 4 is 27.3 Å². The van der Waals surface area contributed by atoms with Crippen molar-refractivity contribution in [2.45, 2.75) is 33.1 Å². The van der Waals surface area contributed by atoms with Gasteiger partial charge in [0.1, 0.15) is 0 Å². The van der Waals surface area contributed by atoms with Crippen molar-refractivity contribution in [3.05, 3.63) is 51.0 Å². The highest BCUT2D eigenvalue weighted by molar-refractivity contribution is 9.09. The van der Waals surface area contributed by atoms with Crippen LogP contribution in [0.3, 0.4) is 0 Å². The SMILES string of the molecule is Cc1cccc(C(CBr)Cc2nc(C)c(C)s2)c1. The Kier molecular flexibility index (Phi) is 4.57. The second-order valence-electron chi connectivity index (χ2n) is 4.72. The zero-order valence-corrected chi connectivity index (χ0v) is 13.4. The van der Waals surface area contributed by atoms with Gasteiger partial charge in [-0.3, -0.25) is 0 Å². The van der Waals surface area contributed by atoms with Crippen LogP contribution in [-0.2, 0) is 6.42 Å². The maximum absolute atomic E-state index is 4.64. The highest BCUT2D eigenvalue weighted by atomic mass is 79.9. The van der Waals surface area contributed by atoms with Crippen molar-refractivity contribution in [2.75, 3.05) is 5.33 Å². The fourth-order valence-corrected chi connectivity index (χ4v) is 3.64. The second kappa shape index (κ2) is 5.98. The normalized spacial score (nSPS) is 12.7. The fraction of sp³-hybridized carbons (Fsp3) is 0.400. The summed E-state index contributed by atoms with van der Waals surface area (Å²) in [6.45, 7) is 6.38. The van der Waals surface area contributed by atoms with E-state index in [9.17, 15) is 0 Å². The molecule has 2 aromatic rings. The van der Waals surface area contributed by atoms with E-state index in [1.807, 2.05) is 11.3 Å². The molecule has 0 fully saturated rings. The van der Waals surface area contributed by atoms with Gasteiger partial charge in [0, 0.05) is 16.6 Å². The number of rotatable bonds is 4. The lowest BCUT2D eigenvalue weighted by molar-refractivity contribution is 0.767. The van der Waals surface area contributed by atoms with Crippen LogP contribution in [-0.4, -0.2) is 10.3 Å². The zero-order valence-electron chi connectivity index (χ0n) is 11.0. The molecule has 0 bridgehead atoms. The molecule has 0 saturated heterocycles. The Bertz CT molecular complexity index is 514. The third kappa shape index (κ3) is 3.21. The molecule has 1 nitrogen and oxygen atoms in total. The Balaban J connectivity index is 2.19. The number of alkyl halides is 1. The largest absolute Gasteiger partial charge is 0.246 e. The summed E-state index contributed by atoms with van der Waals surface area (Å²) in [4.78, 5) is 5.98. The molecule has 0 aliphatic carbocycles. The molecule has 1 atom stereocenters. The first-order valence-corrected chi connectivity index (χ1v) is 8.09. The number of thiazole rings is 1. The first-order valence-electron chi connectivity index (χ1n) is 6.15. The van der Waals surface area contributed by atoms with Crippen molar-refractivity contribution < 1.29 is 0 Å². The van der Waals surface area contributed by atoms with E-state index < -0.39 is 0 Å². The molecule has 1 aromatic heterocycles. The van der Waals surface area contributed by atoms with Crippen molar-refractivity contribution in [2.24, 2.45) is 0 Å².